The van der Waals surface area contributed by atoms with Crippen LogP contribution < -0.4 is 11.5 Å². The van der Waals surface area contributed by atoms with Gasteiger partial charge in [0.05, 0.1) is 55.8 Å². The summed E-state index contributed by atoms with van der Waals surface area (Å²) in [5, 5.41) is 38.0. The lowest BCUT2D eigenvalue weighted by molar-refractivity contribution is -0.265. The molecule has 3 aliphatic heterocycles. The molecule has 6 N–H and O–H groups in total. The predicted octanol–water partition coefficient (Wildman–Crippen LogP) is 8.61. The molecule has 1 saturated carbocycles. The number of anilines is 2. The van der Waals surface area contributed by atoms with E-state index in [-0.39, 0.29) is 73.5 Å². The molecule has 15 atom stereocenters. The standard InChI is InChI=1S/C72H101N11O15/c1-42-18-12-11-13-19-43(2)58(91-8)37-52-24-21-48(7)72(90,98-52)66(87)69(88)82-28-15-14-20-54(82)70(89)96-59(38-55(84)44(3)33-47(6)64(86)65(93-10)63(85)46(5)32-42)45(4)34-49-22-25-57(60(35-49)92-9)95-31-30-94-40-51-39-81(80-78-51)27-16-17-29-83-68-61(67(73)75-41-76-68)62(79-83)50-23-26-56-53(36-50)77-71(74)97-56/h11-13,18-19,23,26,33,36,39,41-42,44-46,48-49,52,54,57-60,64-65,86,90H,14-17,20-22,24-25,27-32,34-35,37-38,40H2,1-10H3,(H2,74,77)(H2,73,75,76)/b13-11+,18-12+,43-19+,47-33+/t42-,44-,45-,46-,48-,49+,52+,54+,57-,58+,59+,60-,64-,65+,72-/m1/s1. The first-order chi connectivity index (χ1) is 47.0. The van der Waals surface area contributed by atoms with Crippen molar-refractivity contribution in [3.05, 3.63) is 84.0 Å². The molecule has 1 amide bonds. The average molecular weight is 1360 g/mol. The number of Topliss-reactive ketones (excluding diaryl/α,β-unsaturated/α-hetero) is 3. The van der Waals surface area contributed by atoms with E-state index in [9.17, 15) is 34.2 Å². The number of aryl methyl sites for hydroxylation is 2. The van der Waals surface area contributed by atoms with Crippen LogP contribution in [-0.4, -0.2) is 180 Å². The van der Waals surface area contributed by atoms with Crippen molar-refractivity contribution < 1.29 is 71.8 Å². The van der Waals surface area contributed by atoms with Gasteiger partial charge < -0.3 is 64.2 Å². The lowest BCUT2D eigenvalue weighted by Crippen LogP contribution is -2.61. The number of aromatic nitrogens is 8. The monoisotopic (exact) mass is 1360 g/mol. The fraction of sp³-hybridized carbons (Fsp3) is 0.625. The molecule has 0 radical (unpaired) electrons. The first-order valence-corrected chi connectivity index (χ1v) is 34.7. The summed E-state index contributed by atoms with van der Waals surface area (Å²) >= 11 is 0. The Kier molecular flexibility index (Phi) is 26.4. The molecule has 4 aliphatic rings. The highest BCUT2D eigenvalue weighted by Crippen LogP contribution is 2.39. The number of benzene rings is 1. The van der Waals surface area contributed by atoms with E-state index < -0.39 is 77.8 Å². The number of ketones is 3. The number of cyclic esters (lactones) is 1. The second-order valence-corrected chi connectivity index (χ2v) is 27.4. The number of hydrogen-bond acceptors (Lipinski definition) is 23. The zero-order chi connectivity index (χ0) is 70.4. The zero-order valence-corrected chi connectivity index (χ0v) is 58.5. The third kappa shape index (κ3) is 18.5. The maximum Gasteiger partial charge on any atom is 0.329 e. The molecular formula is C72H101N11O15. The Morgan fingerprint density at radius 3 is 2.43 bits per heavy atom. The molecule has 26 heteroatoms. The second-order valence-electron chi connectivity index (χ2n) is 27.4. The molecule has 98 heavy (non-hydrogen) atoms. The average Bonchev–Trinajstić information content (AvgIpc) is 1.38. The van der Waals surface area contributed by atoms with E-state index in [1.54, 1.807) is 51.8 Å². The number of ether oxygens (including phenoxy) is 7. The molecule has 5 aromatic rings. The number of carbonyl (C=O) groups is 5. The Morgan fingerprint density at radius 2 is 1.65 bits per heavy atom. The van der Waals surface area contributed by atoms with Crippen molar-refractivity contribution in [1.29, 1.82) is 0 Å². The number of amides is 1. The van der Waals surface area contributed by atoms with Crippen LogP contribution in [0.15, 0.2) is 82.7 Å². The number of esters is 1. The van der Waals surface area contributed by atoms with Crippen LogP contribution in [0.4, 0.5) is 11.8 Å². The molecule has 0 unspecified atom stereocenters. The van der Waals surface area contributed by atoms with Gasteiger partial charge in [-0.3, -0.25) is 23.9 Å². The fourth-order valence-corrected chi connectivity index (χ4v) is 14.3. The van der Waals surface area contributed by atoms with Gasteiger partial charge in [0.15, 0.2) is 17.0 Å². The van der Waals surface area contributed by atoms with Gasteiger partial charge in [-0.15, -0.1) is 5.10 Å². The normalized spacial score (nSPS) is 30.9. The van der Waals surface area contributed by atoms with Gasteiger partial charge in [0.1, 0.15) is 59.2 Å². The van der Waals surface area contributed by atoms with Crippen LogP contribution in [0.1, 0.15) is 144 Å². The van der Waals surface area contributed by atoms with Crippen LogP contribution in [-0.2, 0) is 76.8 Å². The van der Waals surface area contributed by atoms with Crippen molar-refractivity contribution >= 4 is 63.2 Å². The minimum atomic E-state index is -2.46. The van der Waals surface area contributed by atoms with Crippen molar-refractivity contribution in [3.63, 3.8) is 0 Å². The van der Waals surface area contributed by atoms with Gasteiger partial charge in [-0.25, -0.2) is 19.4 Å². The fourth-order valence-electron chi connectivity index (χ4n) is 14.3. The highest BCUT2D eigenvalue weighted by molar-refractivity contribution is 6.39. The minimum absolute atomic E-state index is 0.00422. The smallest absolute Gasteiger partial charge is 0.329 e. The zero-order valence-electron chi connectivity index (χ0n) is 58.5. The summed E-state index contributed by atoms with van der Waals surface area (Å²) < 4.78 is 51.7. The number of nitrogens with zero attached hydrogens (tertiary/aromatic N) is 9. The Bertz CT molecular complexity index is 3670. The summed E-state index contributed by atoms with van der Waals surface area (Å²) in [4.78, 5) is 86.4. The van der Waals surface area contributed by atoms with Crippen LogP contribution in [0.25, 0.3) is 33.4 Å². The van der Waals surface area contributed by atoms with Crippen molar-refractivity contribution in [2.75, 3.05) is 52.6 Å². The predicted molar refractivity (Wildman–Crippen MR) is 365 cm³/mol. The Balaban J connectivity index is 0.811. The number of hydrogen-bond donors (Lipinski definition) is 4. The van der Waals surface area contributed by atoms with Gasteiger partial charge in [-0.1, -0.05) is 76.3 Å². The largest absolute Gasteiger partial charge is 0.460 e. The van der Waals surface area contributed by atoms with Crippen molar-refractivity contribution in [3.8, 4) is 11.3 Å². The first-order valence-electron chi connectivity index (χ1n) is 34.7. The number of allylic oxidation sites excluding steroid dienone is 6. The number of methoxy groups -OCH3 is 3. The number of oxazole rings is 1. The van der Waals surface area contributed by atoms with E-state index in [0.29, 0.717) is 129 Å². The Hall–Kier alpha value is -7.43. The van der Waals surface area contributed by atoms with Crippen molar-refractivity contribution in [1.82, 2.24) is 44.6 Å². The van der Waals surface area contributed by atoms with Crippen LogP contribution >= 0.6 is 0 Å². The van der Waals surface area contributed by atoms with E-state index in [2.05, 4.69) is 25.3 Å². The summed E-state index contributed by atoms with van der Waals surface area (Å²) in [6.45, 7) is 14.8. The third-order valence-electron chi connectivity index (χ3n) is 20.1. The summed E-state index contributed by atoms with van der Waals surface area (Å²) in [5.41, 5.74) is 17.3. The summed E-state index contributed by atoms with van der Waals surface area (Å²) in [6.07, 6.45) is 16.3. The lowest BCUT2D eigenvalue weighted by atomic mass is 9.78. The highest BCUT2D eigenvalue weighted by atomic mass is 16.6. The number of rotatable bonds is 18. The summed E-state index contributed by atoms with van der Waals surface area (Å²) in [6, 6.07) is 4.42. The highest BCUT2D eigenvalue weighted by Gasteiger charge is 2.53. The molecule has 534 valence electrons. The number of fused-ring (bicyclic) bond motifs is 5. The Labute approximate surface area is 573 Å². The van der Waals surface area contributed by atoms with Gasteiger partial charge in [0.25, 0.3) is 17.7 Å². The van der Waals surface area contributed by atoms with E-state index in [1.165, 1.54) is 18.3 Å². The SMILES string of the molecule is CO[C@H]1C[C@@H]2CC[C@@H](C)[C@@](O)(O2)C(=O)C(=O)N2CCCC[C@H]2C(=O)O[C@H]([C@H](C)C[C@@H]2CC[C@@H](OCCOCc3cn(CCCCn4nc(-c5ccc6oc(N)nc6c5)c5c(N)ncnc54)nn3)[C@H](OC)C2)CC(=O)[C@H](C)/C=C(\C)[C@@H](O)[C@@H](OC)C(=O)[C@H](C)C[C@H](C)/C=C/C=C/C=C/1C. The molecular weight excluding hydrogens is 1260 g/mol. The van der Waals surface area contributed by atoms with Gasteiger partial charge in [-0.2, -0.15) is 10.1 Å². The number of unbranched alkanes of at least 4 members (excludes halogenated alkanes) is 1. The first kappa shape index (κ1) is 74.8. The molecule has 2 bridgehead atoms. The van der Waals surface area contributed by atoms with Crippen LogP contribution in [0.5, 0.6) is 0 Å². The number of nitrogens with two attached hydrogens (primary N) is 2. The van der Waals surface area contributed by atoms with Gasteiger partial charge in [-0.05, 0) is 138 Å². The van der Waals surface area contributed by atoms with E-state index in [0.717, 1.165) is 30.4 Å². The molecule has 7 heterocycles. The van der Waals surface area contributed by atoms with Crippen LogP contribution in [0.3, 0.4) is 0 Å². The molecule has 2 saturated heterocycles. The molecule has 4 aromatic heterocycles. The number of aliphatic hydroxyl groups excluding tert-OH is 1. The summed E-state index contributed by atoms with van der Waals surface area (Å²) in [5.74, 6) is -7.93. The molecule has 0 spiro atoms. The van der Waals surface area contributed by atoms with Crippen molar-refractivity contribution in [2.45, 2.75) is 213 Å². The second kappa shape index (κ2) is 34.6. The molecule has 1 aliphatic carbocycles. The molecule has 26 nitrogen and oxygen atoms in total. The lowest BCUT2D eigenvalue weighted by Gasteiger charge is -2.42. The quantitative estimate of drug-likeness (QED) is 0.0276. The molecule has 3 fully saturated rings. The maximum absolute atomic E-state index is 14.8. The van der Waals surface area contributed by atoms with Crippen LogP contribution in [0.2, 0.25) is 0 Å². The van der Waals surface area contributed by atoms with Crippen LogP contribution in [0, 0.1) is 35.5 Å². The third-order valence-corrected chi connectivity index (χ3v) is 20.1. The van der Waals surface area contributed by atoms with Gasteiger partial charge >= 0.3 is 5.97 Å². The van der Waals surface area contributed by atoms with E-state index in [4.69, 9.17) is 54.1 Å². The maximum atomic E-state index is 14.8. The minimum Gasteiger partial charge on any atom is -0.460 e. The number of carbonyl (C=O) groups excluding carboxylic acids is 5. The number of aliphatic hydroxyl groups is 2. The van der Waals surface area contributed by atoms with E-state index in [1.807, 2.05) is 81.1 Å². The van der Waals surface area contributed by atoms with E-state index >= 15 is 0 Å². The van der Waals surface area contributed by atoms with Gasteiger partial charge in [0, 0.05) is 77.1 Å². The number of nitrogen functional groups attached to an aromatic ring is 2. The topological polar surface area (TPSA) is 346 Å². The Morgan fingerprint density at radius 1 is 0.857 bits per heavy atom. The molecule has 1 aromatic carbocycles. The van der Waals surface area contributed by atoms with Gasteiger partial charge in [0.2, 0.25) is 5.79 Å². The molecule has 9 rings (SSSR count). The number of piperidine rings is 1. The van der Waals surface area contributed by atoms with Crippen molar-refractivity contribution in [2.24, 2.45) is 35.5 Å². The summed E-state index contributed by atoms with van der Waals surface area (Å²) in [7, 11) is 4.62.